The summed E-state index contributed by atoms with van der Waals surface area (Å²) >= 11 is 0.831. The Morgan fingerprint density at radius 1 is 1.02 bits per heavy atom. The third-order valence-corrected chi connectivity index (χ3v) is 13.2. The first-order valence-corrected chi connectivity index (χ1v) is 19.7. The molecule has 0 radical (unpaired) electrons. The minimum atomic E-state index is -4.47. The number of Topliss-reactive ketones (excluding diaryl/α,β-unsaturated/α-hetero) is 1. The number of hydrogen-bond acceptors (Lipinski definition) is 14. The van der Waals surface area contributed by atoms with Gasteiger partial charge in [-0.2, -0.15) is 8.78 Å². The fraction of sp³-hybridized carbons (Fsp3) is 0.585. The van der Waals surface area contributed by atoms with Gasteiger partial charge in [0.15, 0.2) is 11.4 Å². The molecule has 10 atom stereocenters. The Kier molecular flexibility index (Phi) is 11.0. The molecule has 3 aliphatic carbocycles. The molecule has 1 amide bonds. The number of rotatable bonds is 8. The number of halogens is 2. The van der Waals surface area contributed by atoms with E-state index in [9.17, 15) is 39.3 Å². The van der Waals surface area contributed by atoms with E-state index in [0.29, 0.717) is 0 Å². The van der Waals surface area contributed by atoms with Gasteiger partial charge in [-0.1, -0.05) is 38.1 Å². The van der Waals surface area contributed by atoms with Gasteiger partial charge in [0.25, 0.3) is 0 Å². The molecule has 58 heavy (non-hydrogen) atoms. The summed E-state index contributed by atoms with van der Waals surface area (Å²) in [6.07, 6.45) is -10.8. The van der Waals surface area contributed by atoms with Crippen molar-refractivity contribution in [1.82, 2.24) is 5.32 Å². The Morgan fingerprint density at radius 2 is 1.67 bits per heavy atom. The van der Waals surface area contributed by atoms with E-state index in [1.54, 1.807) is 18.2 Å². The highest BCUT2D eigenvalue weighted by atomic mass is 32.1. The van der Waals surface area contributed by atoms with Crippen molar-refractivity contribution in [3.8, 4) is 0 Å². The molecule has 6 rings (SSSR count). The molecular formula is C41H49F2NO13S. The van der Waals surface area contributed by atoms with E-state index in [1.165, 1.54) is 78.1 Å². The number of benzene rings is 1. The monoisotopic (exact) mass is 833 g/mol. The van der Waals surface area contributed by atoms with Crippen LogP contribution in [0.4, 0.5) is 13.6 Å². The summed E-state index contributed by atoms with van der Waals surface area (Å²) < 4.78 is 61.7. The first-order chi connectivity index (χ1) is 26.8. The van der Waals surface area contributed by atoms with Crippen molar-refractivity contribution in [3.63, 3.8) is 0 Å². The maximum atomic E-state index is 16.5. The Balaban J connectivity index is 1.50. The zero-order valence-corrected chi connectivity index (χ0v) is 34.2. The molecule has 2 aromatic rings. The molecule has 1 aromatic carbocycles. The molecular weight excluding hydrogens is 785 g/mol. The summed E-state index contributed by atoms with van der Waals surface area (Å²) in [7, 11) is 0. The summed E-state index contributed by atoms with van der Waals surface area (Å²) in [5.41, 5.74) is -9.54. The number of esters is 3. The number of amides is 1. The minimum absolute atomic E-state index is 0.0146. The van der Waals surface area contributed by atoms with Crippen LogP contribution in [0.25, 0.3) is 0 Å². The fourth-order valence-corrected chi connectivity index (χ4v) is 10.1. The van der Waals surface area contributed by atoms with Crippen LogP contribution in [0.3, 0.4) is 0 Å². The number of carbonyl (C=O) groups is 5. The number of aliphatic hydroxyl groups excluding tert-OH is 2. The van der Waals surface area contributed by atoms with Crippen LogP contribution in [0.2, 0.25) is 0 Å². The van der Waals surface area contributed by atoms with Crippen LogP contribution in [0.5, 0.6) is 0 Å². The molecule has 2 heterocycles. The van der Waals surface area contributed by atoms with E-state index >= 15 is 8.78 Å². The highest BCUT2D eigenvalue weighted by Crippen LogP contribution is 2.64. The normalized spacial score (nSPS) is 33.5. The Bertz CT molecular complexity index is 2000. The first kappa shape index (κ1) is 43.3. The van der Waals surface area contributed by atoms with Crippen molar-refractivity contribution in [1.29, 1.82) is 0 Å². The zero-order valence-electron chi connectivity index (χ0n) is 33.4. The lowest BCUT2D eigenvalue weighted by Crippen LogP contribution is -2.81. The fourth-order valence-electron chi connectivity index (χ4n) is 9.32. The Labute approximate surface area is 337 Å². The summed E-state index contributed by atoms with van der Waals surface area (Å²) in [4.78, 5) is 68.3. The molecule has 1 aliphatic heterocycles. The summed E-state index contributed by atoms with van der Waals surface area (Å²) in [6.45, 7) is 10.9. The van der Waals surface area contributed by atoms with E-state index < -0.39 is 112 Å². The number of ether oxygens (including phenoxy) is 5. The standard InChI is InChI=1S/C41H49F2NO13S/c1-20-23(54-34(50)41(42,43)30(24-15-12-16-58-24)44-35(51)57-36(3,4)5)18-40(52)32(55-33(49)22-13-10-9-11-14-22)29-38(8,31(48)28(47)27(20)37(40,6)7)25(46)17-26-39(29,19-53-26)56-21(2)45/h9-16,23,25-26,28-30,32,46-47,52H,17-19H2,1-8H3,(H,44,51)/t23-,25-,26+,28+,29-,30+,32-,38+,39-,40+/m0/s1. The van der Waals surface area contributed by atoms with E-state index in [2.05, 4.69) is 5.32 Å². The number of aliphatic hydroxyl groups is 3. The second kappa shape index (κ2) is 14.8. The average Bonchev–Trinajstić information content (AvgIpc) is 3.66. The smallest absolute Gasteiger partial charge is 0.408 e. The number of alkyl halides is 2. The molecule has 2 bridgehead atoms. The van der Waals surface area contributed by atoms with E-state index in [1.807, 2.05) is 0 Å². The van der Waals surface area contributed by atoms with Gasteiger partial charge in [-0.25, -0.2) is 14.4 Å². The van der Waals surface area contributed by atoms with Gasteiger partial charge in [0.05, 0.1) is 29.6 Å². The number of ketones is 1. The number of carbonyl (C=O) groups excluding carboxylic acids is 5. The predicted molar refractivity (Wildman–Crippen MR) is 200 cm³/mol. The lowest BCUT2D eigenvalue weighted by Gasteiger charge is -2.67. The summed E-state index contributed by atoms with van der Waals surface area (Å²) in [6, 6.07) is 8.07. The minimum Gasteiger partial charge on any atom is -0.455 e. The third-order valence-electron chi connectivity index (χ3n) is 12.3. The van der Waals surface area contributed by atoms with Crippen LogP contribution in [-0.4, -0.2) is 105 Å². The third kappa shape index (κ3) is 6.91. The predicted octanol–water partition coefficient (Wildman–Crippen LogP) is 4.60. The van der Waals surface area contributed by atoms with Gasteiger partial charge in [-0.3, -0.25) is 9.59 Å². The Morgan fingerprint density at radius 3 is 2.22 bits per heavy atom. The van der Waals surface area contributed by atoms with Crippen LogP contribution >= 0.6 is 11.3 Å². The lowest BCUT2D eigenvalue weighted by atomic mass is 9.44. The van der Waals surface area contributed by atoms with E-state index in [4.69, 9.17) is 23.7 Å². The van der Waals surface area contributed by atoms with Crippen LogP contribution < -0.4 is 5.32 Å². The molecule has 0 spiro atoms. The van der Waals surface area contributed by atoms with Gasteiger partial charge in [-0.05, 0) is 69.3 Å². The number of fused-ring (bicyclic) bond motifs is 5. The molecule has 14 nitrogen and oxygen atoms in total. The van der Waals surface area contributed by atoms with Crippen LogP contribution in [0, 0.1) is 16.7 Å². The second-order valence-corrected chi connectivity index (χ2v) is 18.3. The summed E-state index contributed by atoms with van der Waals surface area (Å²) in [5, 5.41) is 40.8. The topological polar surface area (TPSA) is 204 Å². The van der Waals surface area contributed by atoms with Gasteiger partial charge in [0.1, 0.15) is 41.7 Å². The van der Waals surface area contributed by atoms with Crippen molar-refractivity contribution in [2.75, 3.05) is 6.61 Å². The number of thiophene rings is 1. The average molecular weight is 834 g/mol. The maximum Gasteiger partial charge on any atom is 0.408 e. The molecule has 2 saturated carbocycles. The first-order valence-electron chi connectivity index (χ1n) is 18.9. The van der Waals surface area contributed by atoms with Gasteiger partial charge in [0.2, 0.25) is 0 Å². The highest BCUT2D eigenvalue weighted by molar-refractivity contribution is 7.10. The molecule has 0 unspecified atom stereocenters. The molecule has 3 fully saturated rings. The molecule has 4 aliphatic rings. The quantitative estimate of drug-likeness (QED) is 0.163. The van der Waals surface area contributed by atoms with Gasteiger partial charge >= 0.3 is 29.9 Å². The molecule has 316 valence electrons. The molecule has 1 saturated heterocycles. The highest BCUT2D eigenvalue weighted by Gasteiger charge is 2.78. The van der Waals surface area contributed by atoms with Crippen molar-refractivity contribution < 1.29 is 71.8 Å². The van der Waals surface area contributed by atoms with Gasteiger partial charge in [-0.15, -0.1) is 11.3 Å². The van der Waals surface area contributed by atoms with Crippen molar-refractivity contribution in [2.24, 2.45) is 16.7 Å². The van der Waals surface area contributed by atoms with Gasteiger partial charge < -0.3 is 44.3 Å². The lowest BCUT2D eigenvalue weighted by molar-refractivity contribution is -0.346. The largest absolute Gasteiger partial charge is 0.455 e. The SMILES string of the molecule is CC(=O)O[C@@]12CO[C@@H]1C[C@H](O)[C@@]1(C)C(=O)[C@H](O)C3=C(C)[C@@H](OC(=O)C(F)(F)[C@H](NC(=O)OC(C)(C)C)c4cccs4)C[C@@](O)([C@@H](OC(=O)c4ccccc4)[C@H]21)C3(C)C. The number of hydrogen-bond donors (Lipinski definition) is 4. The zero-order chi connectivity index (χ0) is 43.0. The Hall–Kier alpha value is -4.29. The molecule has 4 N–H and O–H groups in total. The number of alkyl carbamates (subject to hydrolysis) is 1. The maximum absolute atomic E-state index is 16.5. The van der Waals surface area contributed by atoms with Crippen LogP contribution in [0.1, 0.15) is 89.5 Å². The van der Waals surface area contributed by atoms with Crippen LogP contribution in [0.15, 0.2) is 59.0 Å². The van der Waals surface area contributed by atoms with Crippen molar-refractivity contribution in [2.45, 2.75) is 128 Å². The van der Waals surface area contributed by atoms with Crippen molar-refractivity contribution >= 4 is 41.1 Å². The number of nitrogens with one attached hydrogen (secondary N) is 1. The van der Waals surface area contributed by atoms with Crippen molar-refractivity contribution in [3.05, 3.63) is 69.4 Å². The van der Waals surface area contributed by atoms with Crippen LogP contribution in [-0.2, 0) is 38.1 Å². The summed E-state index contributed by atoms with van der Waals surface area (Å²) in [5.74, 6) is -11.1. The van der Waals surface area contributed by atoms with E-state index in [-0.39, 0.29) is 34.6 Å². The molecule has 1 aromatic heterocycles. The molecule has 17 heteroatoms. The second-order valence-electron chi connectivity index (χ2n) is 17.3. The van der Waals surface area contributed by atoms with Gasteiger partial charge in [0, 0.05) is 30.1 Å². The van der Waals surface area contributed by atoms with E-state index in [0.717, 1.165) is 18.3 Å².